The van der Waals surface area contributed by atoms with Gasteiger partial charge in [-0.2, -0.15) is 0 Å². The Morgan fingerprint density at radius 2 is 2.21 bits per heavy atom. The molecule has 1 aromatic carbocycles. The van der Waals surface area contributed by atoms with Crippen LogP contribution in [0.1, 0.15) is 27.7 Å². The van der Waals surface area contributed by atoms with Gasteiger partial charge in [0.05, 0.1) is 17.9 Å². The maximum atomic E-state index is 11.8. The van der Waals surface area contributed by atoms with Crippen LogP contribution in [0.15, 0.2) is 18.2 Å². The van der Waals surface area contributed by atoms with E-state index in [0.29, 0.717) is 11.4 Å². The van der Waals surface area contributed by atoms with Crippen molar-refractivity contribution in [2.24, 2.45) is 0 Å². The van der Waals surface area contributed by atoms with E-state index in [1.807, 2.05) is 39.8 Å². The number of rotatable bonds is 1. The van der Waals surface area contributed by atoms with Crippen LogP contribution in [0, 0.1) is 0 Å². The predicted octanol–water partition coefficient (Wildman–Crippen LogP) is 3.23. The third kappa shape index (κ3) is 3.53. The first kappa shape index (κ1) is 13.5. The molecule has 1 amide bonds. The molecule has 1 heterocycles. The van der Waals surface area contributed by atoms with Crippen LogP contribution in [-0.4, -0.2) is 24.3 Å². The molecule has 2 rings (SSSR count). The van der Waals surface area contributed by atoms with Gasteiger partial charge in [-0.05, 0) is 39.8 Å². The summed E-state index contributed by atoms with van der Waals surface area (Å²) in [6.07, 6.45) is -0.420. The minimum atomic E-state index is -0.522. The van der Waals surface area contributed by atoms with Crippen molar-refractivity contribution in [1.29, 1.82) is 0 Å². The van der Waals surface area contributed by atoms with Crippen molar-refractivity contribution >= 4 is 17.5 Å². The molecule has 0 aromatic heterocycles. The van der Waals surface area contributed by atoms with Gasteiger partial charge in [-0.25, -0.2) is 4.79 Å². The van der Waals surface area contributed by atoms with E-state index in [9.17, 15) is 4.79 Å². The molecule has 19 heavy (non-hydrogen) atoms. The van der Waals surface area contributed by atoms with E-state index in [0.717, 1.165) is 12.2 Å². The Labute approximate surface area is 113 Å². The predicted molar refractivity (Wildman–Crippen MR) is 74.9 cm³/mol. The van der Waals surface area contributed by atoms with Crippen molar-refractivity contribution in [2.45, 2.75) is 39.4 Å². The summed E-state index contributed by atoms with van der Waals surface area (Å²) in [5.41, 5.74) is 0.975. The first-order valence-electron chi connectivity index (χ1n) is 6.39. The van der Waals surface area contributed by atoms with Crippen LogP contribution in [0.2, 0.25) is 0 Å². The van der Waals surface area contributed by atoms with Gasteiger partial charge >= 0.3 is 6.09 Å². The van der Waals surface area contributed by atoms with Crippen LogP contribution >= 0.6 is 0 Å². The third-order valence-electron chi connectivity index (χ3n) is 2.55. The van der Waals surface area contributed by atoms with Crippen LogP contribution in [0.3, 0.4) is 0 Å². The molecule has 1 atom stereocenters. The molecule has 0 saturated heterocycles. The Kier molecular flexibility index (Phi) is 3.55. The van der Waals surface area contributed by atoms with Gasteiger partial charge in [0.1, 0.15) is 11.7 Å². The second kappa shape index (κ2) is 4.99. The second-order valence-electron chi connectivity index (χ2n) is 5.62. The van der Waals surface area contributed by atoms with Crippen molar-refractivity contribution in [2.75, 3.05) is 17.2 Å². The van der Waals surface area contributed by atoms with E-state index < -0.39 is 11.7 Å². The number of nitrogens with one attached hydrogen (secondary N) is 2. The van der Waals surface area contributed by atoms with Gasteiger partial charge in [-0.15, -0.1) is 0 Å². The highest BCUT2D eigenvalue weighted by molar-refractivity contribution is 5.89. The van der Waals surface area contributed by atoms with Crippen LogP contribution in [0.4, 0.5) is 16.2 Å². The van der Waals surface area contributed by atoms with Gasteiger partial charge in [0.2, 0.25) is 0 Å². The Bertz CT molecular complexity index is 480. The topological polar surface area (TPSA) is 59.6 Å². The largest absolute Gasteiger partial charge is 0.485 e. The van der Waals surface area contributed by atoms with E-state index in [-0.39, 0.29) is 6.10 Å². The van der Waals surface area contributed by atoms with E-state index in [2.05, 4.69) is 10.6 Å². The number of carbonyl (C=O) groups is 1. The first-order valence-corrected chi connectivity index (χ1v) is 6.39. The smallest absolute Gasteiger partial charge is 0.412 e. The molecule has 1 aromatic rings. The number of ether oxygens (including phenoxy) is 2. The number of anilines is 2. The molecule has 0 aliphatic carbocycles. The van der Waals surface area contributed by atoms with Crippen molar-refractivity contribution < 1.29 is 14.3 Å². The van der Waals surface area contributed by atoms with Crippen molar-refractivity contribution in [1.82, 2.24) is 0 Å². The fraction of sp³-hybridized carbons (Fsp3) is 0.500. The fourth-order valence-corrected chi connectivity index (χ4v) is 1.81. The number of amides is 1. The van der Waals surface area contributed by atoms with Gasteiger partial charge in [-0.3, -0.25) is 5.32 Å². The minimum absolute atomic E-state index is 0.0640. The van der Waals surface area contributed by atoms with Gasteiger partial charge in [0.25, 0.3) is 0 Å². The highest BCUT2D eigenvalue weighted by atomic mass is 16.6. The van der Waals surface area contributed by atoms with Crippen LogP contribution in [-0.2, 0) is 4.74 Å². The molecule has 104 valence electrons. The van der Waals surface area contributed by atoms with Crippen molar-refractivity contribution in [3.63, 3.8) is 0 Å². The number of benzene rings is 1. The third-order valence-corrected chi connectivity index (χ3v) is 2.55. The van der Waals surface area contributed by atoms with Gasteiger partial charge in [-0.1, -0.05) is 6.07 Å². The van der Waals surface area contributed by atoms with E-state index in [1.54, 1.807) is 6.07 Å². The molecule has 0 bridgehead atoms. The maximum absolute atomic E-state index is 11.8. The Morgan fingerprint density at radius 3 is 2.89 bits per heavy atom. The molecule has 0 spiro atoms. The van der Waals surface area contributed by atoms with E-state index >= 15 is 0 Å². The summed E-state index contributed by atoms with van der Waals surface area (Å²) in [6.45, 7) is 8.20. The lowest BCUT2D eigenvalue weighted by atomic mass is 10.2. The van der Waals surface area contributed by atoms with Crippen LogP contribution in [0.5, 0.6) is 5.75 Å². The number of carbonyl (C=O) groups excluding carboxylic acids is 1. The Hall–Kier alpha value is -1.91. The number of hydrogen-bond acceptors (Lipinski definition) is 4. The molecule has 5 nitrogen and oxygen atoms in total. The SMILES string of the molecule is C[C@H]1CNc2cccc(NC(=O)OC(C)(C)C)c2O1. The zero-order chi connectivity index (χ0) is 14.0. The summed E-state index contributed by atoms with van der Waals surface area (Å²) in [5, 5.41) is 5.98. The van der Waals surface area contributed by atoms with Gasteiger partial charge < -0.3 is 14.8 Å². The lowest BCUT2D eigenvalue weighted by Crippen LogP contribution is -2.30. The minimum Gasteiger partial charge on any atom is -0.485 e. The zero-order valence-electron chi connectivity index (χ0n) is 11.7. The quantitative estimate of drug-likeness (QED) is 0.817. The highest BCUT2D eigenvalue weighted by Gasteiger charge is 2.21. The summed E-state index contributed by atoms with van der Waals surface area (Å²) in [4.78, 5) is 11.8. The lowest BCUT2D eigenvalue weighted by molar-refractivity contribution is 0.0635. The van der Waals surface area contributed by atoms with Crippen LogP contribution in [0.25, 0.3) is 0 Å². The summed E-state index contributed by atoms with van der Waals surface area (Å²) >= 11 is 0. The van der Waals surface area contributed by atoms with Gasteiger partial charge in [0, 0.05) is 0 Å². The summed E-state index contributed by atoms with van der Waals surface area (Å²) in [6, 6.07) is 5.57. The lowest BCUT2D eigenvalue weighted by Gasteiger charge is -2.27. The molecule has 5 heteroatoms. The fourth-order valence-electron chi connectivity index (χ4n) is 1.81. The van der Waals surface area contributed by atoms with Crippen molar-refractivity contribution in [3.8, 4) is 5.75 Å². The average Bonchev–Trinajstić information content (AvgIpc) is 2.27. The molecule has 0 unspecified atom stereocenters. The summed E-state index contributed by atoms with van der Waals surface area (Å²) in [5.74, 6) is 0.659. The standard InChI is InChI=1S/C14H20N2O3/c1-9-8-15-10-6-5-7-11(12(10)18-9)16-13(17)19-14(2,3)4/h5-7,9,15H,8H2,1-4H3,(H,16,17)/t9-/m0/s1. The molecular formula is C14H20N2O3. The summed E-state index contributed by atoms with van der Waals surface area (Å²) in [7, 11) is 0. The molecular weight excluding hydrogens is 244 g/mol. The summed E-state index contributed by atoms with van der Waals surface area (Å²) < 4.78 is 11.0. The molecule has 1 aliphatic rings. The molecule has 0 saturated carbocycles. The van der Waals surface area contributed by atoms with Gasteiger partial charge in [0.15, 0.2) is 5.75 Å². The first-order chi connectivity index (χ1) is 8.85. The zero-order valence-corrected chi connectivity index (χ0v) is 11.7. The second-order valence-corrected chi connectivity index (χ2v) is 5.62. The molecule has 2 N–H and O–H groups in total. The Balaban J connectivity index is 2.15. The van der Waals surface area contributed by atoms with E-state index in [4.69, 9.17) is 9.47 Å². The van der Waals surface area contributed by atoms with Crippen LogP contribution < -0.4 is 15.4 Å². The van der Waals surface area contributed by atoms with E-state index in [1.165, 1.54) is 0 Å². The molecule has 0 radical (unpaired) electrons. The highest BCUT2D eigenvalue weighted by Crippen LogP contribution is 2.36. The average molecular weight is 264 g/mol. The van der Waals surface area contributed by atoms with Crippen molar-refractivity contribution in [3.05, 3.63) is 18.2 Å². The number of para-hydroxylation sites is 1. The Morgan fingerprint density at radius 1 is 1.47 bits per heavy atom. The molecule has 0 fully saturated rings. The molecule has 1 aliphatic heterocycles. The normalized spacial score (nSPS) is 17.8. The number of fused-ring (bicyclic) bond motifs is 1. The monoisotopic (exact) mass is 264 g/mol. The number of hydrogen-bond donors (Lipinski definition) is 2. The maximum Gasteiger partial charge on any atom is 0.412 e.